The van der Waals surface area contributed by atoms with Crippen molar-refractivity contribution in [3.63, 3.8) is 0 Å². The third-order valence-electron chi connectivity index (χ3n) is 1.85. The molecule has 0 bridgehead atoms. The lowest BCUT2D eigenvalue weighted by Gasteiger charge is -1.99. The van der Waals surface area contributed by atoms with Crippen LogP contribution in [-0.4, -0.2) is 9.97 Å². The highest BCUT2D eigenvalue weighted by Crippen LogP contribution is 2.12. The number of rotatable bonds is 0. The fourth-order valence-corrected chi connectivity index (χ4v) is 1.33. The molecular weight excluding hydrogens is 187 g/mol. The molecule has 66 valence electrons. The molecule has 2 heterocycles. The molecule has 0 aromatic carbocycles. The van der Waals surface area contributed by atoms with Gasteiger partial charge in [0.15, 0.2) is 0 Å². The van der Waals surface area contributed by atoms with E-state index in [2.05, 4.69) is 9.97 Å². The fourth-order valence-electron chi connectivity index (χ4n) is 1.17. The normalized spacial score (nSPS) is 10.6. The van der Waals surface area contributed by atoms with Gasteiger partial charge in [-0.05, 0) is 24.6 Å². The highest BCUT2D eigenvalue weighted by molar-refractivity contribution is 7.71. The second kappa shape index (κ2) is 2.88. The van der Waals surface area contributed by atoms with Crippen molar-refractivity contribution in [3.05, 3.63) is 34.4 Å². The Morgan fingerprint density at radius 2 is 2.23 bits per heavy atom. The number of nitrogens with zero attached hydrogens (tertiary/aromatic N) is 1. The molecule has 0 spiro atoms. The molecule has 0 saturated carbocycles. The summed E-state index contributed by atoms with van der Waals surface area (Å²) in [5, 5.41) is 0.742. The van der Waals surface area contributed by atoms with Gasteiger partial charge in [0.05, 0.1) is 6.20 Å². The van der Waals surface area contributed by atoms with Gasteiger partial charge >= 0.3 is 0 Å². The monoisotopic (exact) mass is 194 g/mol. The van der Waals surface area contributed by atoms with E-state index < -0.39 is 0 Å². The van der Waals surface area contributed by atoms with Crippen LogP contribution < -0.4 is 0 Å². The fraction of sp³-hybridized carbons (Fsp3) is 0.111. The number of aromatic nitrogens is 2. The minimum atomic E-state index is -0.336. The van der Waals surface area contributed by atoms with Crippen molar-refractivity contribution in [2.75, 3.05) is 0 Å². The maximum atomic E-state index is 12.8. The van der Waals surface area contributed by atoms with Gasteiger partial charge in [-0.3, -0.25) is 0 Å². The first-order chi connectivity index (χ1) is 6.16. The van der Waals surface area contributed by atoms with Crippen LogP contribution in [0.3, 0.4) is 0 Å². The number of fused-ring (bicyclic) bond motifs is 1. The van der Waals surface area contributed by atoms with Crippen molar-refractivity contribution in [2.45, 2.75) is 6.92 Å². The zero-order chi connectivity index (χ0) is 9.42. The largest absolute Gasteiger partial charge is 0.331 e. The van der Waals surface area contributed by atoms with Crippen LogP contribution in [0, 0.1) is 17.4 Å². The minimum absolute atomic E-state index is 0.336. The summed E-state index contributed by atoms with van der Waals surface area (Å²) in [5.41, 5.74) is 1.55. The molecule has 0 unspecified atom stereocenters. The molecule has 2 rings (SSSR count). The molecule has 0 aliphatic rings. The predicted molar refractivity (Wildman–Crippen MR) is 51.6 cm³/mol. The Bertz CT molecular complexity index is 518. The van der Waals surface area contributed by atoms with Crippen molar-refractivity contribution in [3.8, 4) is 0 Å². The Morgan fingerprint density at radius 1 is 1.46 bits per heavy atom. The predicted octanol–water partition coefficient (Wildman–Crippen LogP) is 2.74. The molecule has 2 aromatic rings. The summed E-state index contributed by atoms with van der Waals surface area (Å²) in [6.45, 7) is 1.88. The van der Waals surface area contributed by atoms with E-state index in [0.29, 0.717) is 10.3 Å². The van der Waals surface area contributed by atoms with Crippen molar-refractivity contribution >= 4 is 23.3 Å². The average molecular weight is 194 g/mol. The molecule has 0 saturated heterocycles. The van der Waals surface area contributed by atoms with E-state index >= 15 is 0 Å². The van der Waals surface area contributed by atoms with Crippen molar-refractivity contribution < 1.29 is 4.39 Å². The lowest BCUT2D eigenvalue weighted by Crippen LogP contribution is -1.88. The molecule has 13 heavy (non-hydrogen) atoms. The molecule has 0 radical (unpaired) electrons. The summed E-state index contributed by atoms with van der Waals surface area (Å²) in [7, 11) is 0. The number of aryl methyl sites for hydroxylation is 1. The first-order valence-corrected chi connectivity index (χ1v) is 4.23. The Labute approximate surface area is 79.4 Å². The van der Waals surface area contributed by atoms with Crippen molar-refractivity contribution in [2.24, 2.45) is 0 Å². The molecule has 0 amide bonds. The maximum Gasteiger partial charge on any atom is 0.142 e. The Morgan fingerprint density at radius 3 is 3.00 bits per heavy atom. The zero-order valence-electron chi connectivity index (χ0n) is 6.97. The van der Waals surface area contributed by atoms with Gasteiger partial charge in [-0.2, -0.15) is 0 Å². The summed E-state index contributed by atoms with van der Waals surface area (Å²) < 4.78 is 13.4. The van der Waals surface area contributed by atoms with Crippen LogP contribution in [0.4, 0.5) is 4.39 Å². The summed E-state index contributed by atoms with van der Waals surface area (Å²) in [6, 6.07) is 3.25. The summed E-state index contributed by atoms with van der Waals surface area (Å²) >= 11 is 5.02. The molecule has 0 aliphatic heterocycles. The van der Waals surface area contributed by atoms with E-state index in [0.717, 1.165) is 10.9 Å². The zero-order valence-corrected chi connectivity index (χ0v) is 7.78. The molecular formula is C9H7FN2S. The minimum Gasteiger partial charge on any atom is -0.331 e. The molecule has 0 atom stereocenters. The maximum absolute atomic E-state index is 12.8. The summed E-state index contributed by atoms with van der Waals surface area (Å²) in [4.78, 5) is 6.81. The van der Waals surface area contributed by atoms with Crippen LogP contribution in [0.25, 0.3) is 11.0 Å². The Balaban J connectivity index is 2.89. The van der Waals surface area contributed by atoms with Gasteiger partial charge in [-0.25, -0.2) is 9.37 Å². The van der Waals surface area contributed by atoms with Gasteiger partial charge in [-0.1, -0.05) is 12.2 Å². The number of hydrogen-bond acceptors (Lipinski definition) is 2. The molecule has 2 aromatic heterocycles. The molecule has 0 aliphatic carbocycles. The number of aromatic amines is 1. The van der Waals surface area contributed by atoms with Gasteiger partial charge in [0.1, 0.15) is 16.1 Å². The first kappa shape index (κ1) is 8.31. The van der Waals surface area contributed by atoms with E-state index in [1.807, 2.05) is 13.0 Å². The molecule has 4 heteroatoms. The van der Waals surface area contributed by atoms with E-state index in [1.54, 1.807) is 0 Å². The topological polar surface area (TPSA) is 28.7 Å². The number of nitrogens with one attached hydrogen (secondary N) is 1. The summed E-state index contributed by atoms with van der Waals surface area (Å²) in [6.07, 6.45) is 1.17. The average Bonchev–Trinajstić information content (AvgIpc) is 2.08. The van der Waals surface area contributed by atoms with Crippen LogP contribution in [-0.2, 0) is 0 Å². The SMILES string of the molecule is Cc1cc2cc(F)cnc2[nH]c1=S. The van der Waals surface area contributed by atoms with Crippen molar-refractivity contribution in [1.29, 1.82) is 0 Å². The van der Waals surface area contributed by atoms with Crippen LogP contribution >= 0.6 is 12.2 Å². The number of halogens is 1. The highest BCUT2D eigenvalue weighted by Gasteiger charge is 1.98. The van der Waals surface area contributed by atoms with Crippen LogP contribution in [0.5, 0.6) is 0 Å². The van der Waals surface area contributed by atoms with Gasteiger partial charge in [0.2, 0.25) is 0 Å². The molecule has 0 fully saturated rings. The number of H-pyrrole nitrogens is 1. The van der Waals surface area contributed by atoms with Gasteiger partial charge in [-0.15, -0.1) is 0 Å². The first-order valence-electron chi connectivity index (χ1n) is 3.82. The van der Waals surface area contributed by atoms with Gasteiger partial charge in [0.25, 0.3) is 0 Å². The molecule has 2 nitrogen and oxygen atoms in total. The lowest BCUT2D eigenvalue weighted by molar-refractivity contribution is 0.624. The number of hydrogen-bond donors (Lipinski definition) is 1. The third-order valence-corrected chi connectivity index (χ3v) is 2.27. The van der Waals surface area contributed by atoms with Gasteiger partial charge in [0, 0.05) is 5.39 Å². The van der Waals surface area contributed by atoms with E-state index in [1.165, 1.54) is 12.3 Å². The second-order valence-electron chi connectivity index (χ2n) is 2.87. The Kier molecular flexibility index (Phi) is 1.84. The lowest BCUT2D eigenvalue weighted by atomic mass is 10.2. The number of pyridine rings is 2. The highest BCUT2D eigenvalue weighted by atomic mass is 32.1. The van der Waals surface area contributed by atoms with E-state index in [4.69, 9.17) is 12.2 Å². The van der Waals surface area contributed by atoms with Crippen molar-refractivity contribution in [1.82, 2.24) is 9.97 Å². The second-order valence-corrected chi connectivity index (χ2v) is 3.28. The smallest absolute Gasteiger partial charge is 0.142 e. The van der Waals surface area contributed by atoms with Crippen LogP contribution in [0.2, 0.25) is 0 Å². The molecule has 1 N–H and O–H groups in total. The third kappa shape index (κ3) is 1.45. The Hall–Kier alpha value is -1.29. The van der Waals surface area contributed by atoms with Crippen LogP contribution in [0.1, 0.15) is 5.56 Å². The van der Waals surface area contributed by atoms with Gasteiger partial charge < -0.3 is 4.98 Å². The van der Waals surface area contributed by atoms with E-state index in [-0.39, 0.29) is 5.82 Å². The quantitative estimate of drug-likeness (QED) is 0.653. The standard InChI is InChI=1S/C9H7FN2S/c1-5-2-6-3-7(10)4-11-8(6)12-9(5)13/h2-4H,1H3,(H,11,12,13). The van der Waals surface area contributed by atoms with E-state index in [9.17, 15) is 4.39 Å². The summed E-state index contributed by atoms with van der Waals surface area (Å²) in [5.74, 6) is -0.336. The van der Waals surface area contributed by atoms with Crippen LogP contribution in [0.15, 0.2) is 18.3 Å².